The first-order valence-corrected chi connectivity index (χ1v) is 6.60. The second-order valence-corrected chi connectivity index (χ2v) is 5.50. The van der Waals surface area contributed by atoms with Crippen LogP contribution in [0.2, 0.25) is 0 Å². The largest absolute Gasteiger partial charge is 0.214 e. The molecule has 1 aliphatic rings. The first kappa shape index (κ1) is 11.0. The van der Waals surface area contributed by atoms with E-state index in [1.165, 1.54) is 4.31 Å². The molecule has 1 saturated heterocycles. The summed E-state index contributed by atoms with van der Waals surface area (Å²) >= 11 is 0. The Morgan fingerprint density at radius 2 is 2.15 bits per heavy atom. The highest BCUT2D eigenvalue weighted by atomic mass is 32.2. The predicted octanol–water partition coefficient (Wildman–Crippen LogP) is 1.76. The molecule has 1 aliphatic heterocycles. The minimum absolute atomic E-state index is 0.317. The molecule has 0 saturated carbocycles. The van der Waals surface area contributed by atoms with Gasteiger partial charge in [0.25, 0.3) is 0 Å². The van der Waals surface area contributed by atoms with Crippen molar-refractivity contribution >= 4 is 10.0 Å². The van der Waals surface area contributed by atoms with E-state index in [1.807, 2.05) is 0 Å². The van der Waals surface area contributed by atoms with E-state index in [9.17, 15) is 8.42 Å². The minimum atomic E-state index is -2.95. The monoisotopic (exact) mass is 204 g/mol. The molecule has 0 atom stereocenters. The van der Waals surface area contributed by atoms with Crippen LogP contribution in [0.1, 0.15) is 39.0 Å². The SMILES string of the molecule is CCCCCS(=O)(=O)N1[CH]CCC1. The van der Waals surface area contributed by atoms with Crippen LogP contribution < -0.4 is 0 Å². The molecule has 13 heavy (non-hydrogen) atoms. The van der Waals surface area contributed by atoms with E-state index in [-0.39, 0.29) is 0 Å². The molecule has 0 bridgehead atoms. The van der Waals surface area contributed by atoms with Crippen LogP contribution >= 0.6 is 0 Å². The summed E-state index contributed by atoms with van der Waals surface area (Å²) < 4.78 is 24.7. The maximum absolute atomic E-state index is 11.6. The summed E-state index contributed by atoms with van der Waals surface area (Å²) in [4.78, 5) is 0. The van der Waals surface area contributed by atoms with E-state index >= 15 is 0 Å². The van der Waals surface area contributed by atoms with Gasteiger partial charge < -0.3 is 0 Å². The molecule has 0 unspecified atom stereocenters. The van der Waals surface area contributed by atoms with Crippen molar-refractivity contribution in [1.29, 1.82) is 0 Å². The number of sulfonamides is 1. The van der Waals surface area contributed by atoms with Gasteiger partial charge >= 0.3 is 0 Å². The van der Waals surface area contributed by atoms with Crippen LogP contribution in [-0.2, 0) is 10.0 Å². The van der Waals surface area contributed by atoms with Gasteiger partial charge in [-0.05, 0) is 19.3 Å². The number of unbranched alkanes of at least 4 members (excludes halogenated alkanes) is 2. The summed E-state index contributed by atoms with van der Waals surface area (Å²) in [6, 6.07) is 0. The van der Waals surface area contributed by atoms with Gasteiger partial charge in [-0.2, -0.15) is 4.31 Å². The highest BCUT2D eigenvalue weighted by Gasteiger charge is 2.24. The van der Waals surface area contributed by atoms with Crippen LogP contribution in [0.15, 0.2) is 0 Å². The van der Waals surface area contributed by atoms with Crippen LogP contribution in [0, 0.1) is 6.54 Å². The van der Waals surface area contributed by atoms with Crippen molar-refractivity contribution in [3.05, 3.63) is 6.54 Å². The van der Waals surface area contributed by atoms with Gasteiger partial charge in [-0.1, -0.05) is 19.8 Å². The average molecular weight is 204 g/mol. The normalized spacial score (nSPS) is 19.5. The van der Waals surface area contributed by atoms with E-state index in [0.717, 1.165) is 32.1 Å². The zero-order valence-corrected chi connectivity index (χ0v) is 9.02. The predicted molar refractivity (Wildman–Crippen MR) is 53.6 cm³/mol. The number of hydrogen-bond donors (Lipinski definition) is 0. The van der Waals surface area contributed by atoms with Crippen molar-refractivity contribution < 1.29 is 8.42 Å². The smallest absolute Gasteiger partial charge is 0.212 e. The van der Waals surface area contributed by atoms with E-state index in [1.54, 1.807) is 6.54 Å². The lowest BCUT2D eigenvalue weighted by atomic mass is 10.3. The first-order valence-electron chi connectivity index (χ1n) is 4.99. The molecular weight excluding hydrogens is 186 g/mol. The van der Waals surface area contributed by atoms with Crippen LogP contribution in [0.5, 0.6) is 0 Å². The molecule has 77 valence electrons. The Balaban J connectivity index is 2.36. The highest BCUT2D eigenvalue weighted by molar-refractivity contribution is 7.89. The third kappa shape index (κ3) is 3.27. The molecular formula is C9H18NO2S. The van der Waals surface area contributed by atoms with Crippen molar-refractivity contribution in [1.82, 2.24) is 4.31 Å². The summed E-state index contributed by atoms with van der Waals surface area (Å²) in [5.41, 5.74) is 0. The fourth-order valence-electron chi connectivity index (χ4n) is 1.48. The molecule has 0 amide bonds. The first-order chi connectivity index (χ1) is 6.17. The zero-order chi connectivity index (χ0) is 9.73. The Morgan fingerprint density at radius 3 is 2.69 bits per heavy atom. The third-order valence-corrected chi connectivity index (χ3v) is 4.13. The van der Waals surface area contributed by atoms with Crippen molar-refractivity contribution in [2.75, 3.05) is 12.3 Å². The van der Waals surface area contributed by atoms with Crippen LogP contribution in [0.4, 0.5) is 0 Å². The molecule has 0 aromatic carbocycles. The Hall–Kier alpha value is -0.0900. The fraction of sp³-hybridized carbons (Fsp3) is 0.889. The zero-order valence-electron chi connectivity index (χ0n) is 8.20. The number of rotatable bonds is 5. The molecule has 0 N–H and O–H groups in total. The molecule has 1 heterocycles. The average Bonchev–Trinajstić information content (AvgIpc) is 2.56. The summed E-state index contributed by atoms with van der Waals surface area (Å²) in [7, 11) is -2.95. The summed E-state index contributed by atoms with van der Waals surface area (Å²) in [5.74, 6) is 0.317. The van der Waals surface area contributed by atoms with Crippen LogP contribution in [0.3, 0.4) is 0 Å². The lowest BCUT2D eigenvalue weighted by Crippen LogP contribution is -2.27. The topological polar surface area (TPSA) is 37.4 Å². The number of hydrogen-bond acceptors (Lipinski definition) is 2. The minimum Gasteiger partial charge on any atom is -0.212 e. The van der Waals surface area contributed by atoms with Crippen molar-refractivity contribution in [3.8, 4) is 0 Å². The molecule has 0 spiro atoms. The standard InChI is InChI=1S/C9H18NO2S/c1-2-3-6-9-13(11,12)10-7-4-5-8-10/h7H,2-6,8-9H2,1H3. The van der Waals surface area contributed by atoms with Gasteiger partial charge in [0.15, 0.2) is 0 Å². The van der Waals surface area contributed by atoms with Gasteiger partial charge in [-0.15, -0.1) is 0 Å². The maximum Gasteiger partial charge on any atom is 0.214 e. The van der Waals surface area contributed by atoms with Crippen molar-refractivity contribution in [2.24, 2.45) is 0 Å². The molecule has 0 aliphatic carbocycles. The second kappa shape index (κ2) is 4.96. The molecule has 3 nitrogen and oxygen atoms in total. The summed E-state index contributed by atoms with van der Waals surface area (Å²) in [6.45, 7) is 4.57. The van der Waals surface area contributed by atoms with E-state index < -0.39 is 10.0 Å². The lowest BCUT2D eigenvalue weighted by Gasteiger charge is -2.14. The van der Waals surface area contributed by atoms with Gasteiger partial charge in [-0.3, -0.25) is 0 Å². The van der Waals surface area contributed by atoms with Crippen molar-refractivity contribution in [2.45, 2.75) is 39.0 Å². The number of nitrogens with zero attached hydrogens (tertiary/aromatic N) is 1. The van der Waals surface area contributed by atoms with Gasteiger partial charge in [0, 0.05) is 13.1 Å². The van der Waals surface area contributed by atoms with Gasteiger partial charge in [0.05, 0.1) is 5.75 Å². The van der Waals surface area contributed by atoms with Gasteiger partial charge in [-0.25, -0.2) is 8.42 Å². The summed E-state index contributed by atoms with van der Waals surface area (Å²) in [6.07, 6.45) is 4.76. The Morgan fingerprint density at radius 1 is 1.38 bits per heavy atom. The molecule has 0 aromatic rings. The van der Waals surface area contributed by atoms with E-state index in [4.69, 9.17) is 0 Å². The van der Waals surface area contributed by atoms with Crippen molar-refractivity contribution in [3.63, 3.8) is 0 Å². The Kier molecular flexibility index (Phi) is 4.19. The van der Waals surface area contributed by atoms with Crippen LogP contribution in [0.25, 0.3) is 0 Å². The van der Waals surface area contributed by atoms with Crippen LogP contribution in [-0.4, -0.2) is 25.0 Å². The Bertz CT molecular complexity index is 230. The van der Waals surface area contributed by atoms with Gasteiger partial charge in [0.2, 0.25) is 10.0 Å². The third-order valence-electron chi connectivity index (χ3n) is 2.28. The second-order valence-electron chi connectivity index (χ2n) is 3.46. The van der Waals surface area contributed by atoms with E-state index in [2.05, 4.69) is 6.92 Å². The lowest BCUT2D eigenvalue weighted by molar-refractivity contribution is 0.504. The molecule has 1 rings (SSSR count). The highest BCUT2D eigenvalue weighted by Crippen LogP contribution is 2.17. The summed E-state index contributed by atoms with van der Waals surface area (Å²) in [5, 5.41) is 0. The molecule has 0 aromatic heterocycles. The quantitative estimate of drug-likeness (QED) is 0.640. The molecule has 1 fully saturated rings. The Labute approximate surface area is 81.2 Å². The fourth-order valence-corrected chi connectivity index (χ4v) is 3.02. The van der Waals surface area contributed by atoms with E-state index in [0.29, 0.717) is 12.3 Å². The molecule has 4 heteroatoms. The van der Waals surface area contributed by atoms with Gasteiger partial charge in [0.1, 0.15) is 0 Å². The maximum atomic E-state index is 11.6. The molecule has 1 radical (unpaired) electrons.